The summed E-state index contributed by atoms with van der Waals surface area (Å²) >= 11 is 0. The van der Waals surface area contributed by atoms with Crippen molar-refractivity contribution in [2.24, 2.45) is 0 Å². The summed E-state index contributed by atoms with van der Waals surface area (Å²) in [5.41, 5.74) is 1.04. The van der Waals surface area contributed by atoms with E-state index in [1.807, 2.05) is 78.9 Å². The maximum absolute atomic E-state index is 11.5. The van der Waals surface area contributed by atoms with Crippen LogP contribution in [-0.4, -0.2) is 32.2 Å². The van der Waals surface area contributed by atoms with Gasteiger partial charge in [0.15, 0.2) is 5.78 Å². The molecule has 0 bridgehead atoms. The Morgan fingerprint density at radius 1 is 0.742 bits per heavy atom. The molecule has 0 aliphatic heterocycles. The first-order chi connectivity index (χ1) is 15.1. The Labute approximate surface area is 183 Å². The van der Waals surface area contributed by atoms with Crippen LogP contribution >= 0.6 is 0 Å². The van der Waals surface area contributed by atoms with Crippen LogP contribution in [0.3, 0.4) is 0 Å². The van der Waals surface area contributed by atoms with Gasteiger partial charge in [-0.05, 0) is 61.0 Å². The molecule has 0 saturated heterocycles. The van der Waals surface area contributed by atoms with E-state index in [9.17, 15) is 4.79 Å². The molecule has 0 N–H and O–H groups in total. The highest BCUT2D eigenvalue weighted by molar-refractivity contribution is 5.80. The number of ether oxygens (including phenoxy) is 4. The molecule has 5 nitrogen and oxygen atoms in total. The zero-order chi connectivity index (χ0) is 21.9. The third-order valence-corrected chi connectivity index (χ3v) is 4.71. The van der Waals surface area contributed by atoms with Gasteiger partial charge in [-0.1, -0.05) is 30.3 Å². The van der Waals surface area contributed by atoms with E-state index in [4.69, 9.17) is 18.9 Å². The van der Waals surface area contributed by atoms with Crippen LogP contribution < -0.4 is 14.2 Å². The minimum Gasteiger partial charge on any atom is -0.493 e. The molecule has 5 heteroatoms. The highest BCUT2D eigenvalue weighted by Crippen LogP contribution is 2.23. The van der Waals surface area contributed by atoms with Gasteiger partial charge in [0.2, 0.25) is 0 Å². The predicted octanol–water partition coefficient (Wildman–Crippen LogP) is 5.47. The average Bonchev–Trinajstić information content (AvgIpc) is 2.80. The predicted molar refractivity (Wildman–Crippen MR) is 120 cm³/mol. The Balaban J connectivity index is 1.35. The van der Waals surface area contributed by atoms with Gasteiger partial charge < -0.3 is 18.9 Å². The Kier molecular flexibility index (Phi) is 8.49. The highest BCUT2D eigenvalue weighted by atomic mass is 16.5. The maximum atomic E-state index is 11.5. The van der Waals surface area contributed by atoms with E-state index in [1.54, 1.807) is 14.0 Å². The second-order valence-electron chi connectivity index (χ2n) is 7.12. The van der Waals surface area contributed by atoms with Crippen molar-refractivity contribution >= 4 is 5.78 Å². The number of Topliss-reactive ketones (excluding diaryl/α,β-unsaturated/α-hetero) is 1. The number of methoxy groups -OCH3 is 1. The zero-order valence-corrected chi connectivity index (χ0v) is 18.0. The summed E-state index contributed by atoms with van der Waals surface area (Å²) in [7, 11) is 1.55. The Bertz CT molecular complexity index is 920. The number of rotatable bonds is 12. The van der Waals surface area contributed by atoms with E-state index in [-0.39, 0.29) is 5.78 Å². The van der Waals surface area contributed by atoms with Gasteiger partial charge in [0.25, 0.3) is 0 Å². The number of para-hydroxylation sites is 1. The smallest absolute Gasteiger partial charge is 0.158 e. The quantitative estimate of drug-likeness (QED) is 0.364. The summed E-state index contributed by atoms with van der Waals surface area (Å²) in [5.74, 6) is 3.19. The first-order valence-electron chi connectivity index (χ1n) is 10.3. The van der Waals surface area contributed by atoms with Crippen molar-refractivity contribution in [2.45, 2.75) is 25.9 Å². The van der Waals surface area contributed by atoms with Crippen molar-refractivity contribution in [1.82, 2.24) is 0 Å². The SMILES string of the molecule is CO[C@H](Cc1ccc(OCCCOc2ccc(Oc3ccccc3)cc2)cc1)C(C)=O. The van der Waals surface area contributed by atoms with E-state index in [1.165, 1.54) is 0 Å². The van der Waals surface area contributed by atoms with Gasteiger partial charge >= 0.3 is 0 Å². The third-order valence-electron chi connectivity index (χ3n) is 4.71. The molecule has 1 atom stereocenters. The normalized spacial score (nSPS) is 11.5. The molecular weight excluding hydrogens is 392 g/mol. The zero-order valence-electron chi connectivity index (χ0n) is 18.0. The summed E-state index contributed by atoms with van der Waals surface area (Å²) in [5, 5.41) is 0. The lowest BCUT2D eigenvalue weighted by atomic mass is 10.1. The van der Waals surface area contributed by atoms with Gasteiger partial charge in [-0.2, -0.15) is 0 Å². The average molecular weight is 421 g/mol. The Hall–Kier alpha value is -3.31. The minimum atomic E-state index is -0.400. The van der Waals surface area contributed by atoms with Crippen LogP contribution in [0.4, 0.5) is 0 Å². The molecule has 31 heavy (non-hydrogen) atoms. The van der Waals surface area contributed by atoms with Crippen molar-refractivity contribution < 1.29 is 23.7 Å². The van der Waals surface area contributed by atoms with Crippen molar-refractivity contribution in [3.63, 3.8) is 0 Å². The Morgan fingerprint density at radius 2 is 1.26 bits per heavy atom. The summed E-state index contributed by atoms with van der Waals surface area (Å²) < 4.78 is 22.5. The van der Waals surface area contributed by atoms with E-state index in [0.29, 0.717) is 19.6 Å². The fourth-order valence-corrected chi connectivity index (χ4v) is 3.00. The molecule has 0 amide bonds. The van der Waals surface area contributed by atoms with Crippen LogP contribution in [0.15, 0.2) is 78.9 Å². The number of ketones is 1. The molecule has 0 aliphatic rings. The maximum Gasteiger partial charge on any atom is 0.158 e. The molecule has 3 aromatic rings. The molecule has 162 valence electrons. The lowest BCUT2D eigenvalue weighted by Gasteiger charge is -2.12. The van der Waals surface area contributed by atoms with Gasteiger partial charge in [0.05, 0.1) is 13.2 Å². The first kappa shape index (κ1) is 22.4. The highest BCUT2D eigenvalue weighted by Gasteiger charge is 2.13. The van der Waals surface area contributed by atoms with Gasteiger partial charge in [-0.15, -0.1) is 0 Å². The van der Waals surface area contributed by atoms with Crippen LogP contribution in [0.5, 0.6) is 23.0 Å². The molecule has 0 unspecified atom stereocenters. The topological polar surface area (TPSA) is 54.0 Å². The second-order valence-corrected chi connectivity index (χ2v) is 7.12. The van der Waals surface area contributed by atoms with Crippen LogP contribution in [0, 0.1) is 0 Å². The van der Waals surface area contributed by atoms with Crippen LogP contribution in [-0.2, 0) is 16.0 Å². The summed E-state index contributed by atoms with van der Waals surface area (Å²) in [4.78, 5) is 11.5. The number of carbonyl (C=O) groups excluding carboxylic acids is 1. The lowest BCUT2D eigenvalue weighted by Crippen LogP contribution is -2.22. The van der Waals surface area contributed by atoms with E-state index < -0.39 is 6.10 Å². The molecule has 0 saturated carbocycles. The van der Waals surface area contributed by atoms with Crippen LogP contribution in [0.2, 0.25) is 0 Å². The molecule has 0 fully saturated rings. The second kappa shape index (κ2) is 11.8. The number of hydrogen-bond acceptors (Lipinski definition) is 5. The number of benzene rings is 3. The standard InChI is InChI=1S/C26H28O5/c1-20(27)26(28-2)19-21-9-11-22(12-10-21)29-17-6-18-30-23-13-15-25(16-14-23)31-24-7-4-3-5-8-24/h3-5,7-16,26H,6,17-19H2,1-2H3/t26-/m1/s1. The molecule has 0 aliphatic carbocycles. The van der Waals surface area contributed by atoms with Crippen molar-refractivity contribution in [3.05, 3.63) is 84.4 Å². The van der Waals surface area contributed by atoms with Gasteiger partial charge in [0, 0.05) is 20.0 Å². The largest absolute Gasteiger partial charge is 0.493 e. The van der Waals surface area contributed by atoms with Crippen molar-refractivity contribution in [1.29, 1.82) is 0 Å². The third kappa shape index (κ3) is 7.46. The molecule has 0 spiro atoms. The summed E-state index contributed by atoms with van der Waals surface area (Å²) in [6.45, 7) is 2.66. The van der Waals surface area contributed by atoms with E-state index in [0.717, 1.165) is 35.0 Å². The first-order valence-corrected chi connectivity index (χ1v) is 10.3. The molecule has 0 aromatic heterocycles. The Morgan fingerprint density at radius 3 is 1.81 bits per heavy atom. The van der Waals surface area contributed by atoms with E-state index in [2.05, 4.69) is 0 Å². The molecular formula is C26H28O5. The van der Waals surface area contributed by atoms with Crippen molar-refractivity contribution in [2.75, 3.05) is 20.3 Å². The lowest BCUT2D eigenvalue weighted by molar-refractivity contribution is -0.126. The summed E-state index contributed by atoms with van der Waals surface area (Å²) in [6.07, 6.45) is 0.928. The number of carbonyl (C=O) groups is 1. The van der Waals surface area contributed by atoms with E-state index >= 15 is 0 Å². The molecule has 3 aromatic carbocycles. The fraction of sp³-hybridized carbons (Fsp3) is 0.269. The molecule has 0 heterocycles. The van der Waals surface area contributed by atoms with Gasteiger partial charge in [-0.3, -0.25) is 4.79 Å². The van der Waals surface area contributed by atoms with Crippen LogP contribution in [0.1, 0.15) is 18.9 Å². The fourth-order valence-electron chi connectivity index (χ4n) is 3.00. The number of hydrogen-bond donors (Lipinski definition) is 0. The van der Waals surface area contributed by atoms with Crippen LogP contribution in [0.25, 0.3) is 0 Å². The minimum absolute atomic E-state index is 0.0289. The molecule has 0 radical (unpaired) electrons. The van der Waals surface area contributed by atoms with Gasteiger partial charge in [-0.25, -0.2) is 0 Å². The van der Waals surface area contributed by atoms with Crippen molar-refractivity contribution in [3.8, 4) is 23.0 Å². The summed E-state index contributed by atoms with van der Waals surface area (Å²) in [6, 6.07) is 25.0. The monoisotopic (exact) mass is 420 g/mol. The van der Waals surface area contributed by atoms with Gasteiger partial charge in [0.1, 0.15) is 29.1 Å². The molecule has 3 rings (SSSR count).